The molecular formula is C27H31NO6. The topological polar surface area (TPSA) is 88.5 Å². The van der Waals surface area contributed by atoms with Crippen molar-refractivity contribution in [1.29, 1.82) is 0 Å². The minimum atomic E-state index is -0.787. The predicted octanol–water partition coefficient (Wildman–Crippen LogP) is 4.43. The van der Waals surface area contributed by atoms with Gasteiger partial charge in [0, 0.05) is 18.5 Å². The van der Waals surface area contributed by atoms with Gasteiger partial charge in [-0.15, -0.1) is 0 Å². The van der Waals surface area contributed by atoms with E-state index in [0.29, 0.717) is 36.8 Å². The summed E-state index contributed by atoms with van der Waals surface area (Å²) in [6.07, 6.45) is 7.55. The molecule has 2 heterocycles. The van der Waals surface area contributed by atoms with Crippen LogP contribution in [0.2, 0.25) is 0 Å². The molecule has 0 aromatic heterocycles. The molecule has 34 heavy (non-hydrogen) atoms. The fourth-order valence-corrected chi connectivity index (χ4v) is 5.61. The highest BCUT2D eigenvalue weighted by molar-refractivity contribution is 5.92. The Hall–Kier alpha value is -3.19. The predicted molar refractivity (Wildman–Crippen MR) is 127 cm³/mol. The number of rotatable bonds is 5. The van der Waals surface area contributed by atoms with Crippen LogP contribution >= 0.6 is 0 Å². The van der Waals surface area contributed by atoms with Crippen LogP contribution < -0.4 is 14.2 Å². The molecule has 2 aromatic carbocycles. The number of hydrogen-bond donors (Lipinski definition) is 2. The van der Waals surface area contributed by atoms with Gasteiger partial charge in [-0.2, -0.15) is 0 Å². The van der Waals surface area contributed by atoms with E-state index in [1.54, 1.807) is 18.2 Å². The van der Waals surface area contributed by atoms with E-state index in [-0.39, 0.29) is 30.4 Å². The molecular weight excluding hydrogens is 434 g/mol. The number of carbonyl (C=O) groups excluding carboxylic acids is 1. The molecule has 1 aliphatic carbocycles. The van der Waals surface area contributed by atoms with Crippen molar-refractivity contribution in [2.45, 2.75) is 50.7 Å². The van der Waals surface area contributed by atoms with Crippen LogP contribution in [-0.2, 0) is 4.79 Å². The Bertz CT molecular complexity index is 1100. The number of aliphatic hydroxyl groups is 1. The summed E-state index contributed by atoms with van der Waals surface area (Å²) in [6, 6.07) is 10.5. The first-order valence-electron chi connectivity index (χ1n) is 12.0. The number of fused-ring (bicyclic) bond motifs is 2. The third-order valence-electron chi connectivity index (χ3n) is 7.29. The van der Waals surface area contributed by atoms with Crippen LogP contribution in [-0.4, -0.2) is 46.6 Å². The first kappa shape index (κ1) is 22.6. The molecule has 2 N–H and O–H groups in total. The second-order valence-corrected chi connectivity index (χ2v) is 9.29. The smallest absolute Gasteiger partial charge is 0.247 e. The molecule has 7 nitrogen and oxygen atoms in total. The highest BCUT2D eigenvalue weighted by atomic mass is 16.7. The van der Waals surface area contributed by atoms with Crippen LogP contribution in [0.4, 0.5) is 0 Å². The highest BCUT2D eigenvalue weighted by Gasteiger charge is 2.50. The first-order valence-corrected chi connectivity index (χ1v) is 12.0. The van der Waals surface area contributed by atoms with Gasteiger partial charge in [0.25, 0.3) is 0 Å². The van der Waals surface area contributed by atoms with Gasteiger partial charge in [0.05, 0.1) is 18.2 Å². The third-order valence-corrected chi connectivity index (χ3v) is 7.29. The normalized spacial score (nSPS) is 25.9. The van der Waals surface area contributed by atoms with Gasteiger partial charge in [-0.05, 0) is 67.7 Å². The Morgan fingerprint density at radius 1 is 1.18 bits per heavy atom. The van der Waals surface area contributed by atoms with Crippen molar-refractivity contribution in [3.63, 3.8) is 0 Å². The minimum absolute atomic E-state index is 0.0703. The zero-order valence-electron chi connectivity index (χ0n) is 19.4. The number of ether oxygens (including phenoxy) is 3. The number of phenols is 1. The van der Waals surface area contributed by atoms with Crippen molar-refractivity contribution in [3.05, 3.63) is 53.6 Å². The fraction of sp³-hybridized carbons (Fsp3) is 0.444. The Morgan fingerprint density at radius 2 is 2.03 bits per heavy atom. The van der Waals surface area contributed by atoms with E-state index in [1.807, 2.05) is 42.2 Å². The molecule has 1 saturated carbocycles. The van der Waals surface area contributed by atoms with Crippen LogP contribution in [0.1, 0.15) is 56.2 Å². The molecule has 5 rings (SSSR count). The number of phenolic OH excluding ortho intramolecular Hbond substituents is 1. The summed E-state index contributed by atoms with van der Waals surface area (Å²) in [5.41, 5.74) is 0.935. The number of aromatic hydroxyl groups is 1. The lowest BCUT2D eigenvalue weighted by atomic mass is 9.66. The molecule has 1 saturated heterocycles. The summed E-state index contributed by atoms with van der Waals surface area (Å²) >= 11 is 0. The van der Waals surface area contributed by atoms with E-state index in [9.17, 15) is 15.0 Å². The van der Waals surface area contributed by atoms with Gasteiger partial charge in [0.2, 0.25) is 12.7 Å². The molecule has 7 heteroatoms. The molecule has 0 spiro atoms. The van der Waals surface area contributed by atoms with E-state index in [1.165, 1.54) is 0 Å². The molecule has 180 valence electrons. The molecule has 3 atom stereocenters. The maximum atomic E-state index is 13.5. The van der Waals surface area contributed by atoms with Gasteiger partial charge in [-0.3, -0.25) is 4.79 Å². The number of benzene rings is 2. The summed E-state index contributed by atoms with van der Waals surface area (Å²) in [5.74, 6) is 1.66. The van der Waals surface area contributed by atoms with Gasteiger partial charge in [0.1, 0.15) is 0 Å². The Kier molecular flexibility index (Phi) is 6.13. The van der Waals surface area contributed by atoms with Gasteiger partial charge in [-0.1, -0.05) is 25.0 Å². The number of piperidine rings is 1. The third kappa shape index (κ3) is 4.20. The average Bonchev–Trinajstić information content (AvgIpc) is 3.31. The van der Waals surface area contributed by atoms with E-state index < -0.39 is 5.60 Å². The number of hydrogen-bond acceptors (Lipinski definition) is 6. The van der Waals surface area contributed by atoms with E-state index in [2.05, 4.69) is 0 Å². The van der Waals surface area contributed by atoms with Crippen molar-refractivity contribution in [3.8, 4) is 23.0 Å². The number of carbonyl (C=O) groups is 1. The number of likely N-dealkylation sites (tertiary alicyclic amines) is 1. The maximum Gasteiger partial charge on any atom is 0.247 e. The van der Waals surface area contributed by atoms with Crippen molar-refractivity contribution < 1.29 is 29.2 Å². The molecule has 1 amide bonds. The van der Waals surface area contributed by atoms with Crippen LogP contribution in [0.5, 0.6) is 23.0 Å². The van der Waals surface area contributed by atoms with E-state index in [0.717, 1.165) is 36.8 Å². The minimum Gasteiger partial charge on any atom is -0.504 e. The molecule has 2 fully saturated rings. The molecule has 0 radical (unpaired) electrons. The molecule has 0 bridgehead atoms. The van der Waals surface area contributed by atoms with Crippen LogP contribution in [0, 0.1) is 5.92 Å². The van der Waals surface area contributed by atoms with Crippen molar-refractivity contribution in [2.24, 2.45) is 5.92 Å². The van der Waals surface area contributed by atoms with Crippen molar-refractivity contribution in [1.82, 2.24) is 4.90 Å². The zero-order chi connectivity index (χ0) is 23.7. The quantitative estimate of drug-likeness (QED) is 0.636. The molecule has 0 unspecified atom stereocenters. The van der Waals surface area contributed by atoms with Crippen LogP contribution in [0.25, 0.3) is 6.08 Å². The van der Waals surface area contributed by atoms with Gasteiger partial charge < -0.3 is 29.3 Å². The monoisotopic (exact) mass is 465 g/mol. The lowest BCUT2D eigenvalue weighted by Gasteiger charge is -2.52. The second-order valence-electron chi connectivity index (χ2n) is 9.29. The van der Waals surface area contributed by atoms with Crippen LogP contribution in [0.15, 0.2) is 42.5 Å². The SMILES string of the molecule is CCOc1cc([C@@H]2[C@H]3CCCC[C@]3(O)CCN2C(=O)/C=C/c2ccc3c(c2)OCO3)ccc1O. The van der Waals surface area contributed by atoms with Crippen molar-refractivity contribution in [2.75, 3.05) is 19.9 Å². The van der Waals surface area contributed by atoms with Crippen molar-refractivity contribution >= 4 is 12.0 Å². The average molecular weight is 466 g/mol. The van der Waals surface area contributed by atoms with Gasteiger partial charge >= 0.3 is 0 Å². The lowest BCUT2D eigenvalue weighted by Crippen LogP contribution is -2.56. The summed E-state index contributed by atoms with van der Waals surface area (Å²) in [6.45, 7) is 2.96. The molecule has 3 aliphatic rings. The molecule has 2 aliphatic heterocycles. The standard InChI is InChI=1S/C27H31NO6/c1-2-32-23-16-19(8-9-21(23)29)26-20-5-3-4-12-27(20,31)13-14-28(26)25(30)11-7-18-6-10-22-24(15-18)34-17-33-22/h6-11,15-16,20,26,29,31H,2-5,12-14,17H2,1H3/b11-7+/t20-,26-,27+/m1/s1. The van der Waals surface area contributed by atoms with Gasteiger partial charge in [0.15, 0.2) is 23.0 Å². The summed E-state index contributed by atoms with van der Waals surface area (Å²) in [4.78, 5) is 15.3. The highest BCUT2D eigenvalue weighted by Crippen LogP contribution is 2.50. The number of amides is 1. The van der Waals surface area contributed by atoms with E-state index >= 15 is 0 Å². The Labute approximate surface area is 199 Å². The van der Waals surface area contributed by atoms with E-state index in [4.69, 9.17) is 14.2 Å². The Morgan fingerprint density at radius 3 is 2.88 bits per heavy atom. The first-order chi connectivity index (χ1) is 16.5. The summed E-state index contributed by atoms with van der Waals surface area (Å²) < 4.78 is 16.4. The zero-order valence-corrected chi connectivity index (χ0v) is 19.4. The molecule has 2 aromatic rings. The maximum absolute atomic E-state index is 13.5. The largest absolute Gasteiger partial charge is 0.504 e. The lowest BCUT2D eigenvalue weighted by molar-refractivity contribution is -0.150. The number of nitrogens with zero attached hydrogens (tertiary/aromatic N) is 1. The second kappa shape index (κ2) is 9.22. The Balaban J connectivity index is 1.46. The summed E-state index contributed by atoms with van der Waals surface area (Å²) in [7, 11) is 0. The summed E-state index contributed by atoms with van der Waals surface area (Å²) in [5, 5.41) is 21.7. The van der Waals surface area contributed by atoms with Gasteiger partial charge in [-0.25, -0.2) is 0 Å². The van der Waals surface area contributed by atoms with Crippen LogP contribution in [0.3, 0.4) is 0 Å². The fourth-order valence-electron chi connectivity index (χ4n) is 5.61.